The monoisotopic (exact) mass is 395 g/mol. The van der Waals surface area contributed by atoms with E-state index in [1.807, 2.05) is 0 Å². The van der Waals surface area contributed by atoms with Gasteiger partial charge in [0.15, 0.2) is 0 Å². The average Bonchev–Trinajstić information content (AvgIpc) is 3.22. The van der Waals surface area contributed by atoms with Gasteiger partial charge in [0.1, 0.15) is 0 Å². The molecule has 2 saturated heterocycles. The van der Waals surface area contributed by atoms with Crippen LogP contribution in [0.15, 0.2) is 12.7 Å². The van der Waals surface area contributed by atoms with Gasteiger partial charge in [-0.25, -0.2) is 5.43 Å². The topological polar surface area (TPSA) is 80.2 Å². The lowest BCUT2D eigenvalue weighted by atomic mass is 9.70. The van der Waals surface area contributed by atoms with Crippen molar-refractivity contribution < 1.29 is 13.6 Å². The summed E-state index contributed by atoms with van der Waals surface area (Å²) in [5.74, 6) is 0.742. The molecule has 0 aromatic carbocycles. The van der Waals surface area contributed by atoms with Crippen LogP contribution in [-0.4, -0.2) is 49.2 Å². The number of rotatable bonds is 6. The molecule has 8 heteroatoms. The molecule has 0 bridgehead atoms. The maximum atomic E-state index is 13.1. The summed E-state index contributed by atoms with van der Waals surface area (Å²) in [4.78, 5) is 11.6. The van der Waals surface area contributed by atoms with Crippen LogP contribution in [0.25, 0.3) is 0 Å². The second kappa shape index (κ2) is 9.77. The Morgan fingerprint density at radius 2 is 2.14 bits per heavy atom. The number of nitrogens with one attached hydrogen (secondary N) is 3. The zero-order valence-electron chi connectivity index (χ0n) is 16.2. The minimum absolute atomic E-state index is 0.0143. The van der Waals surface area contributed by atoms with E-state index in [0.29, 0.717) is 31.5 Å². The molecular weight excluding hydrogens is 364 g/mol. The molecule has 0 aromatic heterocycles. The minimum Gasteiger partial charge on any atom is -0.352 e. The summed E-state index contributed by atoms with van der Waals surface area (Å²) >= 11 is 0. The molecule has 28 heavy (non-hydrogen) atoms. The fraction of sp³-hybridized carbons (Fsp3) is 0.800. The van der Waals surface area contributed by atoms with Crippen molar-refractivity contribution in [2.24, 2.45) is 23.7 Å². The second-order valence-electron chi connectivity index (χ2n) is 8.37. The number of hydrogen-bond acceptors (Lipinski definition) is 5. The summed E-state index contributed by atoms with van der Waals surface area (Å²) in [6, 6.07) is 2.71. The van der Waals surface area contributed by atoms with Gasteiger partial charge in [-0.3, -0.25) is 4.79 Å². The SMILES string of the molecule is C=CC(=O)NCC1CNC(C2CCCC(C#N)C2)CC1C1CCN(C(F)F)N1. The van der Waals surface area contributed by atoms with Gasteiger partial charge in [0.2, 0.25) is 5.91 Å². The van der Waals surface area contributed by atoms with Gasteiger partial charge in [-0.2, -0.15) is 19.1 Å². The van der Waals surface area contributed by atoms with E-state index in [9.17, 15) is 18.8 Å². The molecule has 2 heterocycles. The maximum Gasteiger partial charge on any atom is 0.306 e. The predicted molar refractivity (Wildman–Crippen MR) is 102 cm³/mol. The van der Waals surface area contributed by atoms with E-state index in [2.05, 4.69) is 28.7 Å². The van der Waals surface area contributed by atoms with Crippen LogP contribution in [0, 0.1) is 35.0 Å². The largest absolute Gasteiger partial charge is 0.352 e. The summed E-state index contributed by atoms with van der Waals surface area (Å²) in [6.07, 6.45) is 6.90. The van der Waals surface area contributed by atoms with Crippen molar-refractivity contribution in [3.05, 3.63) is 12.7 Å². The Bertz CT molecular complexity index is 596. The van der Waals surface area contributed by atoms with E-state index in [-0.39, 0.29) is 29.7 Å². The average molecular weight is 395 g/mol. The van der Waals surface area contributed by atoms with Gasteiger partial charge in [0.05, 0.1) is 6.07 Å². The third kappa shape index (κ3) is 5.07. The normalized spacial score (nSPS) is 36.8. The van der Waals surface area contributed by atoms with Crippen LogP contribution >= 0.6 is 0 Å². The van der Waals surface area contributed by atoms with Crippen molar-refractivity contribution in [3.8, 4) is 6.07 Å². The van der Waals surface area contributed by atoms with Gasteiger partial charge in [-0.15, -0.1) is 0 Å². The van der Waals surface area contributed by atoms with Crippen molar-refractivity contribution in [2.75, 3.05) is 19.6 Å². The second-order valence-corrected chi connectivity index (χ2v) is 8.37. The number of hydrazine groups is 1. The first-order valence-corrected chi connectivity index (χ1v) is 10.4. The number of nitrogens with zero attached hydrogens (tertiary/aromatic N) is 2. The Morgan fingerprint density at radius 1 is 1.32 bits per heavy atom. The Hall–Kier alpha value is -1.56. The van der Waals surface area contributed by atoms with Gasteiger partial charge < -0.3 is 10.6 Å². The van der Waals surface area contributed by atoms with Crippen LogP contribution in [0.1, 0.15) is 38.5 Å². The Morgan fingerprint density at radius 3 is 2.82 bits per heavy atom. The van der Waals surface area contributed by atoms with Gasteiger partial charge in [0, 0.05) is 37.6 Å². The molecule has 3 N–H and O–H groups in total. The number of halogens is 2. The highest BCUT2D eigenvalue weighted by molar-refractivity contribution is 5.86. The van der Waals surface area contributed by atoms with Gasteiger partial charge >= 0.3 is 6.55 Å². The van der Waals surface area contributed by atoms with Crippen molar-refractivity contribution in [3.63, 3.8) is 0 Å². The fourth-order valence-corrected chi connectivity index (χ4v) is 5.20. The predicted octanol–water partition coefficient (Wildman–Crippen LogP) is 2.01. The highest BCUT2D eigenvalue weighted by Gasteiger charge is 2.42. The molecule has 1 saturated carbocycles. The summed E-state index contributed by atoms with van der Waals surface area (Å²) in [5.41, 5.74) is 3.01. The molecule has 6 unspecified atom stereocenters. The van der Waals surface area contributed by atoms with Crippen LogP contribution in [0.2, 0.25) is 0 Å². The molecule has 1 amide bonds. The van der Waals surface area contributed by atoms with E-state index in [0.717, 1.165) is 43.7 Å². The lowest BCUT2D eigenvalue weighted by Crippen LogP contribution is -2.56. The van der Waals surface area contributed by atoms with E-state index in [4.69, 9.17) is 0 Å². The number of carbonyl (C=O) groups is 1. The van der Waals surface area contributed by atoms with Crippen LogP contribution < -0.4 is 16.1 Å². The number of nitriles is 1. The maximum absolute atomic E-state index is 13.1. The van der Waals surface area contributed by atoms with Crippen molar-refractivity contribution in [1.82, 2.24) is 21.1 Å². The first-order valence-electron chi connectivity index (χ1n) is 10.4. The number of carbonyl (C=O) groups excluding carboxylic acids is 1. The van der Waals surface area contributed by atoms with Gasteiger partial charge in [0.25, 0.3) is 0 Å². The third-order valence-corrected chi connectivity index (χ3v) is 6.73. The smallest absolute Gasteiger partial charge is 0.306 e. The zero-order chi connectivity index (χ0) is 20.1. The highest BCUT2D eigenvalue weighted by Crippen LogP contribution is 2.37. The Labute approximate surface area is 165 Å². The van der Waals surface area contributed by atoms with Crippen molar-refractivity contribution in [1.29, 1.82) is 5.26 Å². The standard InChI is InChI=1S/C20H31F2N5O/c1-2-19(28)25-12-15-11-24-18(14-5-3-4-13(8-14)10-23)9-16(15)17-6-7-27(26-17)20(21)22/h2,13-18,20,24,26H,1,3-9,11-12H2,(H,25,28). The van der Waals surface area contributed by atoms with E-state index in [1.54, 1.807) is 0 Å². The van der Waals surface area contributed by atoms with Crippen LogP contribution in [0.4, 0.5) is 8.78 Å². The molecule has 156 valence electrons. The first-order chi connectivity index (χ1) is 13.5. The molecule has 6 atom stereocenters. The van der Waals surface area contributed by atoms with Crippen molar-refractivity contribution in [2.45, 2.75) is 57.2 Å². The minimum atomic E-state index is -2.50. The Kier molecular flexibility index (Phi) is 7.38. The number of hydrogen-bond donors (Lipinski definition) is 3. The van der Waals surface area contributed by atoms with Crippen molar-refractivity contribution >= 4 is 5.91 Å². The first kappa shape index (κ1) is 21.2. The summed E-state index contributed by atoms with van der Waals surface area (Å²) in [5, 5.41) is 16.8. The van der Waals surface area contributed by atoms with E-state index < -0.39 is 6.55 Å². The highest BCUT2D eigenvalue weighted by atomic mass is 19.3. The molecule has 3 aliphatic rings. The third-order valence-electron chi connectivity index (χ3n) is 6.73. The molecule has 2 aliphatic heterocycles. The molecule has 3 rings (SSSR count). The Balaban J connectivity index is 1.66. The van der Waals surface area contributed by atoms with Crippen LogP contribution in [0.3, 0.4) is 0 Å². The summed E-state index contributed by atoms with van der Waals surface area (Å²) < 4.78 is 26.2. The fourth-order valence-electron chi connectivity index (χ4n) is 5.20. The number of alkyl halides is 2. The number of piperidine rings is 1. The van der Waals surface area contributed by atoms with E-state index in [1.165, 1.54) is 6.08 Å². The zero-order valence-corrected chi connectivity index (χ0v) is 16.2. The molecule has 0 radical (unpaired) electrons. The lowest BCUT2D eigenvalue weighted by molar-refractivity contribution is -0.116. The molecule has 1 aliphatic carbocycles. The molecule has 3 fully saturated rings. The van der Waals surface area contributed by atoms with Gasteiger partial charge in [-0.05, 0) is 55.9 Å². The summed E-state index contributed by atoms with van der Waals surface area (Å²) in [6.45, 7) is 2.57. The molecular formula is C20H31F2N5O. The van der Waals surface area contributed by atoms with Crippen LogP contribution in [-0.2, 0) is 4.79 Å². The quantitative estimate of drug-likeness (QED) is 0.474. The van der Waals surface area contributed by atoms with Gasteiger partial charge in [-0.1, -0.05) is 13.0 Å². The lowest BCUT2D eigenvalue weighted by Gasteiger charge is -2.44. The summed E-state index contributed by atoms with van der Waals surface area (Å²) in [7, 11) is 0. The van der Waals surface area contributed by atoms with E-state index >= 15 is 0 Å². The number of amides is 1. The van der Waals surface area contributed by atoms with Crippen LogP contribution in [0.5, 0.6) is 0 Å². The molecule has 6 nitrogen and oxygen atoms in total. The molecule has 0 spiro atoms. The molecule has 0 aromatic rings.